The molecule has 8 nitrogen and oxygen atoms in total. The van der Waals surface area contributed by atoms with Gasteiger partial charge in [0.2, 0.25) is 15.9 Å². The van der Waals surface area contributed by atoms with E-state index in [1.54, 1.807) is 13.2 Å². The predicted octanol–water partition coefficient (Wildman–Crippen LogP) is 3.11. The summed E-state index contributed by atoms with van der Waals surface area (Å²) in [7, 11) is -0.535. The number of hydrogen-bond acceptors (Lipinski definition) is 6. The molecule has 2 aliphatic heterocycles. The third-order valence-electron chi connectivity index (χ3n) is 6.58. The Hall–Kier alpha value is -2.49. The third-order valence-corrected chi connectivity index (χ3v) is 8.77. The van der Waals surface area contributed by atoms with Gasteiger partial charge in [-0.25, -0.2) is 8.42 Å². The van der Waals surface area contributed by atoms with Crippen molar-refractivity contribution in [3.63, 3.8) is 0 Å². The highest BCUT2D eigenvalue weighted by atomic mass is 35.5. The first kappa shape index (κ1) is 24.6. The van der Waals surface area contributed by atoms with E-state index in [2.05, 4.69) is 4.90 Å². The summed E-state index contributed by atoms with van der Waals surface area (Å²) in [5, 5.41) is 0.251. The Morgan fingerprint density at radius 1 is 0.912 bits per heavy atom. The van der Waals surface area contributed by atoms with Crippen LogP contribution >= 0.6 is 11.6 Å². The van der Waals surface area contributed by atoms with E-state index in [4.69, 9.17) is 21.1 Å². The molecule has 0 radical (unpaired) electrons. The van der Waals surface area contributed by atoms with Crippen molar-refractivity contribution in [3.8, 4) is 11.5 Å². The molecule has 34 heavy (non-hydrogen) atoms. The van der Waals surface area contributed by atoms with Crippen LogP contribution in [0.3, 0.4) is 0 Å². The number of anilines is 1. The number of methoxy groups -OCH3 is 2. The predicted molar refractivity (Wildman–Crippen MR) is 131 cm³/mol. The molecule has 0 spiro atoms. The van der Waals surface area contributed by atoms with Crippen LogP contribution in [0.25, 0.3) is 0 Å². The lowest BCUT2D eigenvalue weighted by Crippen LogP contribution is -2.52. The maximum Gasteiger partial charge on any atom is 0.243 e. The van der Waals surface area contributed by atoms with Crippen LogP contribution in [0, 0.1) is 5.92 Å². The van der Waals surface area contributed by atoms with Crippen molar-refractivity contribution in [2.24, 2.45) is 5.92 Å². The van der Waals surface area contributed by atoms with Crippen LogP contribution in [0.4, 0.5) is 5.69 Å². The molecule has 0 aliphatic carbocycles. The van der Waals surface area contributed by atoms with Crippen molar-refractivity contribution in [2.75, 3.05) is 58.4 Å². The van der Waals surface area contributed by atoms with Crippen molar-refractivity contribution < 1.29 is 22.7 Å². The first-order valence-electron chi connectivity index (χ1n) is 11.4. The van der Waals surface area contributed by atoms with Gasteiger partial charge in [0.15, 0.2) is 0 Å². The van der Waals surface area contributed by atoms with Gasteiger partial charge in [-0.15, -0.1) is 0 Å². The van der Waals surface area contributed by atoms with Gasteiger partial charge in [0.05, 0.1) is 29.8 Å². The number of carbonyl (C=O) groups is 1. The molecule has 2 fully saturated rings. The van der Waals surface area contributed by atoms with Gasteiger partial charge in [0.1, 0.15) is 11.5 Å². The molecule has 2 aliphatic rings. The van der Waals surface area contributed by atoms with Crippen LogP contribution in [0.15, 0.2) is 47.4 Å². The number of sulfonamides is 1. The molecule has 184 valence electrons. The summed E-state index contributed by atoms with van der Waals surface area (Å²) in [6.45, 7) is 3.36. The second-order valence-corrected chi connectivity index (χ2v) is 10.8. The molecular weight excluding hydrogens is 478 g/mol. The summed E-state index contributed by atoms with van der Waals surface area (Å²) < 4.78 is 38.1. The summed E-state index contributed by atoms with van der Waals surface area (Å²) in [4.78, 5) is 17.4. The highest BCUT2D eigenvalue weighted by Gasteiger charge is 2.35. The molecule has 2 aromatic rings. The van der Waals surface area contributed by atoms with Crippen molar-refractivity contribution in [1.82, 2.24) is 9.21 Å². The second-order valence-electron chi connectivity index (χ2n) is 8.46. The zero-order valence-corrected chi connectivity index (χ0v) is 21.0. The first-order valence-corrected chi connectivity index (χ1v) is 13.2. The van der Waals surface area contributed by atoms with Gasteiger partial charge >= 0.3 is 0 Å². The number of amides is 1. The van der Waals surface area contributed by atoms with E-state index in [1.165, 1.54) is 23.5 Å². The van der Waals surface area contributed by atoms with Gasteiger partial charge in [-0.1, -0.05) is 23.7 Å². The van der Waals surface area contributed by atoms with Crippen molar-refractivity contribution in [3.05, 3.63) is 47.5 Å². The van der Waals surface area contributed by atoms with Crippen LogP contribution < -0.4 is 14.4 Å². The number of ether oxygens (including phenoxy) is 2. The Bertz CT molecular complexity index is 1130. The van der Waals surface area contributed by atoms with Crippen LogP contribution in [-0.2, 0) is 14.8 Å². The summed E-state index contributed by atoms with van der Waals surface area (Å²) in [5.74, 6) is 1.21. The molecule has 0 aromatic heterocycles. The number of nitrogens with zero attached hydrogens (tertiary/aromatic N) is 3. The summed E-state index contributed by atoms with van der Waals surface area (Å²) in [6.07, 6.45) is 1.02. The normalized spacial score (nSPS) is 18.1. The molecule has 2 saturated heterocycles. The van der Waals surface area contributed by atoms with Crippen molar-refractivity contribution in [1.29, 1.82) is 0 Å². The Kier molecular flexibility index (Phi) is 7.54. The molecule has 4 rings (SSSR count). The Labute approximate surface area is 206 Å². The average Bonchev–Trinajstić information content (AvgIpc) is 2.88. The molecule has 2 aromatic carbocycles. The largest absolute Gasteiger partial charge is 0.495 e. The van der Waals surface area contributed by atoms with E-state index in [9.17, 15) is 13.2 Å². The number of para-hydroxylation sites is 2. The molecule has 0 unspecified atom stereocenters. The Balaban J connectivity index is 1.33. The second kappa shape index (κ2) is 10.4. The summed E-state index contributed by atoms with van der Waals surface area (Å²) >= 11 is 6.12. The van der Waals surface area contributed by atoms with Crippen LogP contribution in [0.2, 0.25) is 5.02 Å². The minimum atomic E-state index is -3.68. The van der Waals surface area contributed by atoms with E-state index in [0.717, 1.165) is 24.5 Å². The fraction of sp³-hybridized carbons (Fsp3) is 0.458. The smallest absolute Gasteiger partial charge is 0.243 e. The van der Waals surface area contributed by atoms with E-state index in [1.807, 2.05) is 29.2 Å². The fourth-order valence-electron chi connectivity index (χ4n) is 4.62. The topological polar surface area (TPSA) is 79.4 Å². The zero-order valence-electron chi connectivity index (χ0n) is 19.4. The highest BCUT2D eigenvalue weighted by molar-refractivity contribution is 7.89. The van der Waals surface area contributed by atoms with Gasteiger partial charge in [-0.3, -0.25) is 4.79 Å². The minimum Gasteiger partial charge on any atom is -0.495 e. The van der Waals surface area contributed by atoms with Crippen molar-refractivity contribution >= 4 is 33.2 Å². The number of piperidine rings is 1. The zero-order chi connectivity index (χ0) is 24.3. The van der Waals surface area contributed by atoms with Crippen LogP contribution in [0.1, 0.15) is 12.8 Å². The number of carbonyl (C=O) groups excluding carboxylic acids is 1. The standard InChI is InChI=1S/C24H30ClN3O5S/c1-32-22-8-7-19(17-20(22)25)34(30,31)28-11-9-18(10-12-28)24(29)27-15-13-26(14-16-27)21-5-3-4-6-23(21)33-2/h3-8,17-18H,9-16H2,1-2H3. The Morgan fingerprint density at radius 2 is 1.56 bits per heavy atom. The number of benzene rings is 2. The number of rotatable bonds is 6. The molecule has 10 heteroatoms. The maximum absolute atomic E-state index is 13.1. The van der Waals surface area contributed by atoms with Gasteiger partial charge < -0.3 is 19.3 Å². The highest BCUT2D eigenvalue weighted by Crippen LogP contribution is 2.31. The fourth-order valence-corrected chi connectivity index (χ4v) is 6.44. The van der Waals surface area contributed by atoms with E-state index >= 15 is 0 Å². The summed E-state index contributed by atoms with van der Waals surface area (Å²) in [5.41, 5.74) is 1.04. The third kappa shape index (κ3) is 4.96. The van der Waals surface area contributed by atoms with Gasteiger partial charge in [0, 0.05) is 45.2 Å². The number of halogens is 1. The molecule has 0 atom stereocenters. The van der Waals surface area contributed by atoms with E-state index in [0.29, 0.717) is 44.8 Å². The lowest BCUT2D eigenvalue weighted by molar-refractivity contribution is -0.137. The van der Waals surface area contributed by atoms with Crippen LogP contribution in [-0.4, -0.2) is 77.0 Å². The average molecular weight is 508 g/mol. The summed E-state index contributed by atoms with van der Waals surface area (Å²) in [6, 6.07) is 12.4. The number of hydrogen-bond donors (Lipinski definition) is 0. The monoisotopic (exact) mass is 507 g/mol. The van der Waals surface area contributed by atoms with Gasteiger partial charge in [0.25, 0.3) is 0 Å². The Morgan fingerprint density at radius 3 is 2.18 bits per heavy atom. The molecule has 1 amide bonds. The van der Waals surface area contributed by atoms with Gasteiger partial charge in [-0.05, 0) is 43.2 Å². The maximum atomic E-state index is 13.1. The number of piperazine rings is 1. The quantitative estimate of drug-likeness (QED) is 0.598. The lowest BCUT2D eigenvalue weighted by atomic mass is 9.96. The first-order chi connectivity index (χ1) is 16.3. The lowest BCUT2D eigenvalue weighted by Gasteiger charge is -2.39. The minimum absolute atomic E-state index is 0.115. The van der Waals surface area contributed by atoms with E-state index < -0.39 is 10.0 Å². The molecule has 2 heterocycles. The molecular formula is C24H30ClN3O5S. The van der Waals surface area contributed by atoms with E-state index in [-0.39, 0.29) is 21.7 Å². The van der Waals surface area contributed by atoms with Crippen molar-refractivity contribution in [2.45, 2.75) is 17.7 Å². The molecule has 0 N–H and O–H groups in total. The van der Waals surface area contributed by atoms with Crippen LogP contribution in [0.5, 0.6) is 11.5 Å². The molecule has 0 saturated carbocycles. The van der Waals surface area contributed by atoms with Gasteiger partial charge in [-0.2, -0.15) is 4.31 Å². The SMILES string of the molecule is COc1ccc(S(=O)(=O)N2CCC(C(=O)N3CCN(c4ccccc4OC)CC3)CC2)cc1Cl. The molecule has 0 bridgehead atoms.